The molecule has 41 heavy (non-hydrogen) atoms. The number of amides is 1. The molecule has 2 N–H and O–H groups in total. The molecule has 1 amide bonds. The van der Waals surface area contributed by atoms with Crippen LogP contribution in [0, 0.1) is 11.6 Å². The molecule has 0 saturated carbocycles. The van der Waals surface area contributed by atoms with Gasteiger partial charge in [0.05, 0.1) is 16.8 Å². The molecule has 214 valence electrons. The SMILES string of the molecule is CN1C(=O)C2C3CCC(CN2c2c1c(OCC14CCCN1CCC4)nc1c(F)c(-c4c(O)cccc4F)ncc21)N3. The number of hydrogen-bond acceptors (Lipinski definition) is 8. The average molecular weight is 563 g/mol. The number of anilines is 2. The van der Waals surface area contributed by atoms with Gasteiger partial charge in [-0.2, -0.15) is 0 Å². The lowest BCUT2D eigenvalue weighted by atomic mass is 9.95. The molecule has 0 spiro atoms. The van der Waals surface area contributed by atoms with Gasteiger partial charge in [-0.3, -0.25) is 14.7 Å². The number of aromatic nitrogens is 2. The van der Waals surface area contributed by atoms with E-state index in [0.29, 0.717) is 29.9 Å². The van der Waals surface area contributed by atoms with Gasteiger partial charge in [-0.05, 0) is 63.7 Å². The number of rotatable bonds is 4. The van der Waals surface area contributed by atoms with Crippen LogP contribution in [-0.4, -0.2) is 82.8 Å². The topological polar surface area (TPSA) is 94.1 Å². The predicted octanol–water partition coefficient (Wildman–Crippen LogP) is 3.57. The van der Waals surface area contributed by atoms with E-state index < -0.39 is 23.4 Å². The number of halogens is 2. The third-order valence-corrected chi connectivity index (χ3v) is 10.0. The average Bonchev–Trinajstić information content (AvgIpc) is 3.65. The van der Waals surface area contributed by atoms with Gasteiger partial charge in [0.15, 0.2) is 5.82 Å². The normalized spacial score (nSPS) is 26.4. The first-order valence-corrected chi connectivity index (χ1v) is 14.5. The van der Waals surface area contributed by atoms with E-state index in [9.17, 15) is 14.3 Å². The second-order valence-electron chi connectivity index (χ2n) is 12.2. The molecule has 5 aliphatic rings. The molecule has 3 aromatic rings. The van der Waals surface area contributed by atoms with Crippen LogP contribution < -0.4 is 19.9 Å². The first kappa shape index (κ1) is 25.2. The molecule has 4 saturated heterocycles. The van der Waals surface area contributed by atoms with Crippen LogP contribution in [0.15, 0.2) is 24.4 Å². The molecule has 9 nitrogen and oxygen atoms in total. The van der Waals surface area contributed by atoms with Crippen molar-refractivity contribution in [1.82, 2.24) is 20.2 Å². The molecular formula is C30H32F2N6O3. The summed E-state index contributed by atoms with van der Waals surface area (Å²) in [5, 5.41) is 14.4. The van der Waals surface area contributed by atoms with Crippen molar-refractivity contribution in [1.29, 1.82) is 0 Å². The van der Waals surface area contributed by atoms with Crippen molar-refractivity contribution in [2.45, 2.75) is 62.2 Å². The molecule has 0 aliphatic carbocycles. The van der Waals surface area contributed by atoms with E-state index in [1.165, 1.54) is 18.3 Å². The maximum absolute atomic E-state index is 16.4. The fourth-order valence-corrected chi connectivity index (χ4v) is 8.08. The fraction of sp³-hybridized carbons (Fsp3) is 0.500. The number of likely N-dealkylation sites (N-methyl/N-ethyl adjacent to an activating group) is 1. The predicted molar refractivity (Wildman–Crippen MR) is 149 cm³/mol. The van der Waals surface area contributed by atoms with E-state index >= 15 is 4.39 Å². The highest BCUT2D eigenvalue weighted by Gasteiger charge is 2.51. The number of phenols is 1. The first-order valence-electron chi connectivity index (χ1n) is 14.5. The highest BCUT2D eigenvalue weighted by atomic mass is 19.1. The molecule has 2 bridgehead atoms. The van der Waals surface area contributed by atoms with E-state index in [1.807, 2.05) is 0 Å². The minimum absolute atomic E-state index is 0.0127. The van der Waals surface area contributed by atoms with Crippen LogP contribution in [-0.2, 0) is 4.79 Å². The largest absolute Gasteiger partial charge is 0.507 e. The van der Waals surface area contributed by atoms with Crippen molar-refractivity contribution in [3.63, 3.8) is 0 Å². The summed E-state index contributed by atoms with van der Waals surface area (Å²) >= 11 is 0. The van der Waals surface area contributed by atoms with Crippen LogP contribution in [0.4, 0.5) is 20.2 Å². The summed E-state index contributed by atoms with van der Waals surface area (Å²) < 4.78 is 37.7. The Morgan fingerprint density at radius 2 is 1.98 bits per heavy atom. The Morgan fingerprint density at radius 3 is 2.76 bits per heavy atom. The van der Waals surface area contributed by atoms with Gasteiger partial charge in [-0.1, -0.05) is 6.07 Å². The Bertz CT molecular complexity index is 1570. The van der Waals surface area contributed by atoms with Crippen LogP contribution in [0.2, 0.25) is 0 Å². The molecule has 2 aromatic heterocycles. The zero-order valence-electron chi connectivity index (χ0n) is 22.9. The fourth-order valence-electron chi connectivity index (χ4n) is 8.08. The Hall–Kier alpha value is -3.57. The molecule has 11 heteroatoms. The Morgan fingerprint density at radius 1 is 1.17 bits per heavy atom. The number of ether oxygens (including phenoxy) is 1. The lowest BCUT2D eigenvalue weighted by molar-refractivity contribution is -0.120. The highest BCUT2D eigenvalue weighted by Crippen LogP contribution is 2.50. The van der Waals surface area contributed by atoms with E-state index in [2.05, 4.69) is 25.1 Å². The monoisotopic (exact) mass is 562 g/mol. The Balaban J connectivity index is 1.33. The maximum atomic E-state index is 16.4. The zero-order valence-corrected chi connectivity index (χ0v) is 22.9. The summed E-state index contributed by atoms with van der Waals surface area (Å²) in [6, 6.07) is 3.57. The molecule has 4 fully saturated rings. The third kappa shape index (κ3) is 3.54. The van der Waals surface area contributed by atoms with E-state index in [-0.39, 0.29) is 46.2 Å². The number of phenolic OH excluding ortho intramolecular Hbond substituents is 1. The summed E-state index contributed by atoms with van der Waals surface area (Å²) in [5.41, 5.74) is 0.440. The minimum Gasteiger partial charge on any atom is -0.507 e. The number of fused-ring (bicyclic) bond motifs is 9. The first-order chi connectivity index (χ1) is 19.9. The van der Waals surface area contributed by atoms with Crippen LogP contribution in [0.5, 0.6) is 11.6 Å². The number of carbonyl (C=O) groups is 1. The summed E-state index contributed by atoms with van der Waals surface area (Å²) in [4.78, 5) is 29.0. The number of pyridine rings is 2. The molecular weight excluding hydrogens is 530 g/mol. The quantitative estimate of drug-likeness (QED) is 0.499. The number of aromatic hydroxyl groups is 1. The van der Waals surface area contributed by atoms with Crippen LogP contribution in [0.1, 0.15) is 38.5 Å². The summed E-state index contributed by atoms with van der Waals surface area (Å²) in [7, 11) is 1.73. The molecule has 1 aromatic carbocycles. The second-order valence-corrected chi connectivity index (χ2v) is 12.2. The number of hydrogen-bond donors (Lipinski definition) is 2. The van der Waals surface area contributed by atoms with Gasteiger partial charge < -0.3 is 25.0 Å². The smallest absolute Gasteiger partial charge is 0.251 e. The van der Waals surface area contributed by atoms with Crippen LogP contribution in [0.25, 0.3) is 22.2 Å². The van der Waals surface area contributed by atoms with Gasteiger partial charge in [0, 0.05) is 37.3 Å². The van der Waals surface area contributed by atoms with Crippen molar-refractivity contribution in [3.05, 3.63) is 36.0 Å². The van der Waals surface area contributed by atoms with Gasteiger partial charge >= 0.3 is 0 Å². The summed E-state index contributed by atoms with van der Waals surface area (Å²) in [6.07, 6.45) is 7.57. The van der Waals surface area contributed by atoms with Crippen LogP contribution in [0.3, 0.4) is 0 Å². The van der Waals surface area contributed by atoms with Gasteiger partial charge in [-0.15, -0.1) is 0 Å². The molecule has 3 unspecified atom stereocenters. The highest BCUT2D eigenvalue weighted by molar-refractivity contribution is 6.13. The molecule has 7 heterocycles. The summed E-state index contributed by atoms with van der Waals surface area (Å²) in [6.45, 7) is 3.05. The van der Waals surface area contributed by atoms with Gasteiger partial charge in [0.2, 0.25) is 5.88 Å². The van der Waals surface area contributed by atoms with Crippen molar-refractivity contribution < 1.29 is 23.4 Å². The lowest BCUT2D eigenvalue weighted by Gasteiger charge is -2.48. The van der Waals surface area contributed by atoms with Gasteiger partial charge in [-0.25, -0.2) is 13.8 Å². The molecule has 5 aliphatic heterocycles. The molecule has 0 radical (unpaired) electrons. The summed E-state index contributed by atoms with van der Waals surface area (Å²) in [5.74, 6) is -1.89. The van der Waals surface area contributed by atoms with Crippen molar-refractivity contribution in [2.75, 3.05) is 43.1 Å². The van der Waals surface area contributed by atoms with E-state index in [4.69, 9.17) is 4.74 Å². The molecule has 3 atom stereocenters. The van der Waals surface area contributed by atoms with E-state index in [0.717, 1.165) is 57.7 Å². The molecule has 8 rings (SSSR count). The zero-order chi connectivity index (χ0) is 28.0. The van der Waals surface area contributed by atoms with Crippen molar-refractivity contribution >= 4 is 28.2 Å². The van der Waals surface area contributed by atoms with Crippen molar-refractivity contribution in [2.24, 2.45) is 0 Å². The second kappa shape index (κ2) is 8.96. The van der Waals surface area contributed by atoms with Gasteiger partial charge in [0.25, 0.3) is 5.91 Å². The number of carbonyl (C=O) groups excluding carboxylic acids is 1. The van der Waals surface area contributed by atoms with Crippen LogP contribution >= 0.6 is 0 Å². The van der Waals surface area contributed by atoms with Crippen molar-refractivity contribution in [3.8, 4) is 22.9 Å². The maximum Gasteiger partial charge on any atom is 0.251 e. The standard InChI is InChI=1S/C30H32F2N6O3/c1-36-27-25(38-14-16-7-8-19(34-16)26(38)29(36)40)17-13-33-24(21-18(31)5-2-6-20(21)39)22(32)23(17)35-28(27)41-15-30-9-3-11-37(30)12-4-10-30/h2,5-6,13,16,19,26,34,39H,3-4,7-12,14-15H2,1H3. The Kier molecular flexibility index (Phi) is 5.50. The van der Waals surface area contributed by atoms with Gasteiger partial charge in [0.1, 0.15) is 41.1 Å². The number of benzene rings is 1. The van der Waals surface area contributed by atoms with E-state index in [1.54, 1.807) is 11.9 Å². The number of nitrogens with one attached hydrogen (secondary N) is 1. The Labute approximate surface area is 236 Å². The number of piperazine rings is 1. The lowest BCUT2D eigenvalue weighted by Crippen LogP contribution is -2.66. The number of nitrogens with zero attached hydrogens (tertiary/aromatic N) is 5. The minimum atomic E-state index is -0.841. The third-order valence-electron chi connectivity index (χ3n) is 10.0.